The number of nitro benzene ring substituents is 1. The minimum absolute atomic E-state index is 0.0298. The molecule has 0 saturated carbocycles. The Labute approximate surface area is 262 Å². The average molecular weight is 662 g/mol. The molecule has 2 aliphatic rings. The molecule has 4 aromatic rings. The average Bonchev–Trinajstić information content (AvgIpc) is 2.99. The van der Waals surface area contributed by atoms with Gasteiger partial charge < -0.3 is 10.6 Å². The summed E-state index contributed by atoms with van der Waals surface area (Å²) in [7, 11) is 0. The first kappa shape index (κ1) is 32.5. The van der Waals surface area contributed by atoms with Crippen LogP contribution in [-0.4, -0.2) is 16.7 Å². The van der Waals surface area contributed by atoms with Gasteiger partial charge in [0, 0.05) is 30.3 Å². The monoisotopic (exact) mass is 661 g/mol. The Bertz CT molecular complexity index is 1870. The van der Waals surface area contributed by atoms with Crippen LogP contribution in [0.1, 0.15) is 35.1 Å². The third-order valence-corrected chi connectivity index (χ3v) is 7.76. The fourth-order valence-corrected chi connectivity index (χ4v) is 5.44. The van der Waals surface area contributed by atoms with Crippen LogP contribution in [0.2, 0.25) is 5.02 Å². The largest absolute Gasteiger partial charge is 0.422 e. The third-order valence-electron chi connectivity index (χ3n) is 7.44. The highest BCUT2D eigenvalue weighted by atomic mass is 35.5. The maximum Gasteiger partial charge on any atom is 0.422 e. The fourth-order valence-electron chi connectivity index (χ4n) is 5.15. The summed E-state index contributed by atoms with van der Waals surface area (Å²) in [5.74, 6) is -0.127. The number of aryl methyl sites for hydroxylation is 2. The van der Waals surface area contributed by atoms with E-state index in [1.54, 1.807) is 30.3 Å². The second kappa shape index (κ2) is 12.5. The molecule has 2 N–H and O–H groups in total. The summed E-state index contributed by atoms with van der Waals surface area (Å²) < 4.78 is 76.7. The number of nitrogens with one attached hydrogen (secondary N) is 2. The van der Waals surface area contributed by atoms with Crippen molar-refractivity contribution in [2.45, 2.75) is 38.0 Å². The topological polar surface area (TPSA) is 101 Å². The van der Waals surface area contributed by atoms with E-state index >= 15 is 0 Å². The fraction of sp³-hybridized carbons (Fsp3) is 0.188. The molecule has 0 spiro atoms. The van der Waals surface area contributed by atoms with Gasteiger partial charge in [-0.15, -0.1) is 0 Å². The van der Waals surface area contributed by atoms with Gasteiger partial charge in [0.1, 0.15) is 5.56 Å². The first-order valence-corrected chi connectivity index (χ1v) is 14.1. The number of alkyl halides is 6. The Balaban J connectivity index is 0.000000182. The number of carbonyl (C=O) groups excluding carboxylic acids is 2. The molecule has 238 valence electrons. The Morgan fingerprint density at radius 3 is 1.46 bits per heavy atom. The van der Waals surface area contributed by atoms with Crippen LogP contribution in [0.25, 0.3) is 22.3 Å². The van der Waals surface area contributed by atoms with E-state index in [0.717, 1.165) is 34.5 Å². The summed E-state index contributed by atoms with van der Waals surface area (Å²) in [4.78, 5) is 32.6. The zero-order chi connectivity index (χ0) is 33.4. The van der Waals surface area contributed by atoms with Crippen LogP contribution < -0.4 is 10.6 Å². The van der Waals surface area contributed by atoms with E-state index in [2.05, 4.69) is 10.6 Å². The second-order valence-electron chi connectivity index (χ2n) is 10.5. The number of rotatable bonds is 3. The van der Waals surface area contributed by atoms with Crippen LogP contribution in [-0.2, 0) is 34.8 Å². The molecule has 46 heavy (non-hydrogen) atoms. The summed E-state index contributed by atoms with van der Waals surface area (Å²) in [6.45, 7) is 0. The van der Waals surface area contributed by atoms with Crippen molar-refractivity contribution >= 4 is 40.5 Å². The smallest absolute Gasteiger partial charge is 0.326 e. The van der Waals surface area contributed by atoms with Crippen molar-refractivity contribution in [3.8, 4) is 22.3 Å². The van der Waals surface area contributed by atoms with Gasteiger partial charge in [0.25, 0.3) is 5.69 Å². The third kappa shape index (κ3) is 7.15. The molecule has 0 bridgehead atoms. The zero-order valence-corrected chi connectivity index (χ0v) is 24.2. The van der Waals surface area contributed by atoms with Crippen molar-refractivity contribution in [3.63, 3.8) is 0 Å². The molecule has 0 aliphatic carbocycles. The van der Waals surface area contributed by atoms with E-state index < -0.39 is 34.1 Å². The van der Waals surface area contributed by atoms with Gasteiger partial charge in [0.15, 0.2) is 0 Å². The SMILES string of the molecule is O=C1CCc2cc(-c3ccc(C(F)(F)F)c(Cl)c3)ccc2N1.O=C1CCc2cc(-c3ccc(C(F)(F)F)c([N+](=O)[O-])c3)ccc2N1. The number of amides is 2. The lowest BCUT2D eigenvalue weighted by Gasteiger charge is -2.18. The molecule has 0 aromatic heterocycles. The zero-order valence-electron chi connectivity index (χ0n) is 23.5. The molecular formula is C32H22ClF6N3O4. The Morgan fingerprint density at radius 1 is 0.609 bits per heavy atom. The molecule has 6 rings (SSSR count). The standard InChI is InChI=1S/C16H11ClF3NO.C16H11F3N2O3/c17-13-8-10(1-4-12(13)16(18,19)20)9-2-5-14-11(7-9)3-6-15(22)21-14;17-16(18,19)12-4-1-10(8-14(12)21(23)24)9-2-5-13-11(7-9)3-6-15(22)20-13/h1-2,4-5,7-8H,3,6H2,(H,21,22);1-2,4-5,7-8H,3,6H2,(H,20,22). The highest BCUT2D eigenvalue weighted by Crippen LogP contribution is 2.40. The van der Waals surface area contributed by atoms with Crippen molar-refractivity contribution in [3.05, 3.63) is 110 Å². The number of fused-ring (bicyclic) bond motifs is 2. The number of nitrogens with zero attached hydrogens (tertiary/aromatic N) is 1. The van der Waals surface area contributed by atoms with Gasteiger partial charge in [0.05, 0.1) is 15.5 Å². The Hall–Kier alpha value is -4.91. The van der Waals surface area contributed by atoms with Crippen molar-refractivity contribution in [2.24, 2.45) is 0 Å². The molecule has 2 heterocycles. The first-order valence-electron chi connectivity index (χ1n) is 13.7. The van der Waals surface area contributed by atoms with Gasteiger partial charge in [-0.1, -0.05) is 35.9 Å². The Morgan fingerprint density at radius 2 is 1.02 bits per heavy atom. The molecule has 0 atom stereocenters. The Kier molecular flexibility index (Phi) is 8.81. The normalized spacial score (nSPS) is 14.2. The molecule has 4 aromatic carbocycles. The van der Waals surface area contributed by atoms with Gasteiger partial charge in [-0.3, -0.25) is 19.7 Å². The van der Waals surface area contributed by atoms with Crippen LogP contribution in [0.3, 0.4) is 0 Å². The van der Waals surface area contributed by atoms with Crippen LogP contribution >= 0.6 is 11.6 Å². The van der Waals surface area contributed by atoms with E-state index in [9.17, 15) is 46.0 Å². The van der Waals surface area contributed by atoms with Crippen molar-refractivity contribution in [1.29, 1.82) is 0 Å². The maximum atomic E-state index is 12.9. The lowest BCUT2D eigenvalue weighted by atomic mass is 9.96. The maximum absolute atomic E-state index is 12.9. The van der Waals surface area contributed by atoms with E-state index in [1.807, 2.05) is 6.07 Å². The molecule has 0 radical (unpaired) electrons. The molecule has 7 nitrogen and oxygen atoms in total. The molecule has 14 heteroatoms. The predicted octanol–water partition coefficient (Wildman–Crippen LogP) is 9.08. The molecule has 2 aliphatic heterocycles. The van der Waals surface area contributed by atoms with Crippen molar-refractivity contribution in [1.82, 2.24) is 0 Å². The molecule has 0 unspecified atom stereocenters. The van der Waals surface area contributed by atoms with Crippen molar-refractivity contribution < 1.29 is 40.9 Å². The summed E-state index contributed by atoms with van der Waals surface area (Å²) in [6.07, 6.45) is -7.40. The number of hydrogen-bond acceptors (Lipinski definition) is 4. The molecular weight excluding hydrogens is 640 g/mol. The number of anilines is 2. The lowest BCUT2D eigenvalue weighted by molar-refractivity contribution is -0.388. The van der Waals surface area contributed by atoms with E-state index in [1.165, 1.54) is 18.2 Å². The number of nitro groups is 1. The van der Waals surface area contributed by atoms with Crippen LogP contribution in [0, 0.1) is 10.1 Å². The minimum atomic E-state index is -4.79. The van der Waals surface area contributed by atoms with Crippen LogP contribution in [0.4, 0.5) is 43.4 Å². The van der Waals surface area contributed by atoms with Gasteiger partial charge >= 0.3 is 12.4 Å². The van der Waals surface area contributed by atoms with Crippen LogP contribution in [0.5, 0.6) is 0 Å². The quantitative estimate of drug-likeness (QED) is 0.130. The summed E-state index contributed by atoms with van der Waals surface area (Å²) in [5, 5.41) is 16.1. The first-order chi connectivity index (χ1) is 21.6. The number of hydrogen-bond donors (Lipinski definition) is 2. The molecule has 2 amide bonds. The number of halogens is 7. The van der Waals surface area contributed by atoms with Crippen molar-refractivity contribution in [2.75, 3.05) is 10.6 Å². The number of carbonyl (C=O) groups is 2. The van der Waals surface area contributed by atoms with E-state index in [4.69, 9.17) is 11.6 Å². The highest BCUT2D eigenvalue weighted by Gasteiger charge is 2.38. The van der Waals surface area contributed by atoms with Gasteiger partial charge in [-0.25, -0.2) is 0 Å². The molecule has 0 fully saturated rings. The van der Waals surface area contributed by atoms with E-state index in [0.29, 0.717) is 54.1 Å². The predicted molar refractivity (Wildman–Crippen MR) is 159 cm³/mol. The summed E-state index contributed by atoms with van der Waals surface area (Å²) in [5.41, 5.74) is 2.35. The van der Waals surface area contributed by atoms with Gasteiger partial charge in [-0.2, -0.15) is 26.3 Å². The van der Waals surface area contributed by atoms with Gasteiger partial charge in [0.2, 0.25) is 11.8 Å². The highest BCUT2D eigenvalue weighted by molar-refractivity contribution is 6.31. The summed E-state index contributed by atoms with van der Waals surface area (Å²) in [6, 6.07) is 16.9. The second-order valence-corrected chi connectivity index (χ2v) is 10.9. The van der Waals surface area contributed by atoms with Gasteiger partial charge in [-0.05, 0) is 88.7 Å². The van der Waals surface area contributed by atoms with E-state index in [-0.39, 0.29) is 16.8 Å². The molecule has 0 saturated heterocycles. The minimum Gasteiger partial charge on any atom is -0.326 e. The van der Waals surface area contributed by atoms with Crippen LogP contribution in [0.15, 0.2) is 72.8 Å². The summed E-state index contributed by atoms with van der Waals surface area (Å²) >= 11 is 5.75. The lowest BCUT2D eigenvalue weighted by Crippen LogP contribution is -2.18. The number of benzene rings is 4.